The van der Waals surface area contributed by atoms with Gasteiger partial charge < -0.3 is 5.32 Å². The second-order valence-corrected chi connectivity index (χ2v) is 7.37. The van der Waals surface area contributed by atoms with Crippen LogP contribution in [0.15, 0.2) is 42.5 Å². The molecule has 0 unspecified atom stereocenters. The maximum Gasteiger partial charge on any atom is 0.266 e. The molecule has 6 heteroatoms. The van der Waals surface area contributed by atoms with Crippen molar-refractivity contribution in [3.05, 3.63) is 64.2 Å². The van der Waals surface area contributed by atoms with Crippen molar-refractivity contribution >= 4 is 35.0 Å². The molecule has 0 radical (unpaired) electrons. The zero-order valence-corrected chi connectivity index (χ0v) is 15.5. The zero-order valence-electron chi connectivity index (χ0n) is 14.7. The summed E-state index contributed by atoms with van der Waals surface area (Å²) in [7, 11) is 0. The van der Waals surface area contributed by atoms with Gasteiger partial charge in [-0.1, -0.05) is 43.0 Å². The highest BCUT2D eigenvalue weighted by atomic mass is 35.5. The third-order valence-corrected chi connectivity index (χ3v) is 5.50. The van der Waals surface area contributed by atoms with Crippen molar-refractivity contribution in [3.63, 3.8) is 0 Å². The first-order valence-electron chi connectivity index (χ1n) is 9.14. The molecule has 0 spiro atoms. The van der Waals surface area contributed by atoms with E-state index in [1.165, 1.54) is 12.5 Å². The molecule has 0 saturated heterocycles. The largest absolute Gasteiger partial charge is 0.349 e. The van der Waals surface area contributed by atoms with Gasteiger partial charge in [0, 0.05) is 11.6 Å². The second kappa shape index (κ2) is 7.16. The molecule has 0 bridgehead atoms. The molecular formula is C21H19ClN2O3. The molecule has 2 aromatic rings. The quantitative estimate of drug-likeness (QED) is 0.809. The minimum Gasteiger partial charge on any atom is -0.349 e. The van der Waals surface area contributed by atoms with Crippen LogP contribution in [0.4, 0.5) is 5.69 Å². The number of hydrogen-bond acceptors (Lipinski definition) is 3. The molecule has 5 nitrogen and oxygen atoms in total. The fourth-order valence-electron chi connectivity index (χ4n) is 3.75. The predicted molar refractivity (Wildman–Crippen MR) is 103 cm³/mol. The molecule has 1 saturated carbocycles. The number of anilines is 1. The van der Waals surface area contributed by atoms with Crippen molar-refractivity contribution in [1.29, 1.82) is 0 Å². The fourth-order valence-corrected chi connectivity index (χ4v) is 3.97. The Balaban J connectivity index is 1.60. The van der Waals surface area contributed by atoms with Gasteiger partial charge in [0.2, 0.25) is 0 Å². The van der Waals surface area contributed by atoms with Crippen LogP contribution in [0.1, 0.15) is 63.2 Å². The average Bonchev–Trinajstić information content (AvgIpc) is 2.93. The third kappa shape index (κ3) is 3.23. The summed E-state index contributed by atoms with van der Waals surface area (Å²) in [5.41, 5.74) is 1.26. The molecule has 27 heavy (non-hydrogen) atoms. The highest BCUT2D eigenvalue weighted by molar-refractivity contribution is 6.39. The topological polar surface area (TPSA) is 66.5 Å². The summed E-state index contributed by atoms with van der Waals surface area (Å²) in [6.07, 6.45) is 5.41. The Bertz CT molecular complexity index is 935. The zero-order chi connectivity index (χ0) is 19.0. The van der Waals surface area contributed by atoms with E-state index in [1.54, 1.807) is 36.4 Å². The Kier molecular flexibility index (Phi) is 4.70. The number of imide groups is 1. The van der Waals surface area contributed by atoms with E-state index in [0.717, 1.165) is 30.6 Å². The number of benzene rings is 2. The van der Waals surface area contributed by atoms with Crippen LogP contribution in [0.5, 0.6) is 0 Å². The van der Waals surface area contributed by atoms with Crippen molar-refractivity contribution in [2.45, 2.75) is 38.1 Å². The third-order valence-electron chi connectivity index (χ3n) is 5.18. The molecule has 0 aromatic heterocycles. The lowest BCUT2D eigenvalue weighted by Crippen LogP contribution is -2.36. The molecule has 1 heterocycles. The van der Waals surface area contributed by atoms with Gasteiger partial charge in [-0.05, 0) is 43.2 Å². The molecule has 2 aliphatic rings. The maximum atomic E-state index is 12.8. The lowest BCUT2D eigenvalue weighted by molar-refractivity contribution is 0.0918. The Morgan fingerprint density at radius 2 is 1.67 bits per heavy atom. The Morgan fingerprint density at radius 1 is 0.963 bits per heavy atom. The molecule has 3 amide bonds. The first kappa shape index (κ1) is 17.7. The van der Waals surface area contributed by atoms with Gasteiger partial charge in [-0.3, -0.25) is 14.4 Å². The van der Waals surface area contributed by atoms with Crippen molar-refractivity contribution in [1.82, 2.24) is 5.32 Å². The summed E-state index contributed by atoms with van der Waals surface area (Å²) in [6.45, 7) is 0. The monoisotopic (exact) mass is 382 g/mol. The highest BCUT2D eigenvalue weighted by Crippen LogP contribution is 2.33. The van der Waals surface area contributed by atoms with Gasteiger partial charge in [0.15, 0.2) is 0 Å². The summed E-state index contributed by atoms with van der Waals surface area (Å²) in [5, 5.41) is 3.36. The van der Waals surface area contributed by atoms with E-state index < -0.39 is 11.8 Å². The number of hydrogen-bond donors (Lipinski definition) is 1. The van der Waals surface area contributed by atoms with E-state index in [1.807, 2.05) is 0 Å². The van der Waals surface area contributed by atoms with Crippen LogP contribution in [0, 0.1) is 0 Å². The van der Waals surface area contributed by atoms with Gasteiger partial charge in [-0.15, -0.1) is 0 Å². The minimum absolute atomic E-state index is 0.177. The van der Waals surface area contributed by atoms with E-state index in [2.05, 4.69) is 5.32 Å². The summed E-state index contributed by atoms with van der Waals surface area (Å²) >= 11 is 6.16. The SMILES string of the molecule is O=C(NC1CCCCC1)c1ccc2c(c1)C(=O)N(c1ccccc1Cl)C2=O. The normalized spacial score (nSPS) is 17.1. The van der Waals surface area contributed by atoms with E-state index in [0.29, 0.717) is 16.3 Å². The fraction of sp³-hybridized carbons (Fsp3) is 0.286. The predicted octanol–water partition coefficient (Wildman–Crippen LogP) is 4.20. The minimum atomic E-state index is -0.463. The van der Waals surface area contributed by atoms with Crippen LogP contribution in [0.3, 0.4) is 0 Å². The summed E-state index contributed by atoms with van der Waals surface area (Å²) < 4.78 is 0. The van der Waals surface area contributed by atoms with Crippen molar-refractivity contribution in [2.24, 2.45) is 0 Å². The van der Waals surface area contributed by atoms with Gasteiger partial charge in [0.1, 0.15) is 0 Å². The molecular weight excluding hydrogens is 364 g/mol. The van der Waals surface area contributed by atoms with Gasteiger partial charge in [0.05, 0.1) is 21.8 Å². The van der Waals surface area contributed by atoms with E-state index in [4.69, 9.17) is 11.6 Å². The van der Waals surface area contributed by atoms with E-state index >= 15 is 0 Å². The van der Waals surface area contributed by atoms with E-state index in [9.17, 15) is 14.4 Å². The smallest absolute Gasteiger partial charge is 0.266 e. The molecule has 4 rings (SSSR count). The number of halogens is 1. The molecule has 2 aromatic carbocycles. The van der Waals surface area contributed by atoms with Crippen LogP contribution in [0.25, 0.3) is 0 Å². The summed E-state index contributed by atoms with van der Waals surface area (Å²) in [4.78, 5) is 39.2. The van der Waals surface area contributed by atoms with Gasteiger partial charge in [0.25, 0.3) is 17.7 Å². The Morgan fingerprint density at radius 3 is 2.41 bits per heavy atom. The summed E-state index contributed by atoms with van der Waals surface area (Å²) in [6, 6.07) is 11.5. The van der Waals surface area contributed by atoms with Crippen molar-refractivity contribution < 1.29 is 14.4 Å². The van der Waals surface area contributed by atoms with Gasteiger partial charge in [-0.2, -0.15) is 0 Å². The van der Waals surface area contributed by atoms with Crippen molar-refractivity contribution in [3.8, 4) is 0 Å². The van der Waals surface area contributed by atoms with Crippen LogP contribution in [-0.2, 0) is 0 Å². The molecule has 138 valence electrons. The number of rotatable bonds is 3. The van der Waals surface area contributed by atoms with E-state index in [-0.39, 0.29) is 23.1 Å². The lowest BCUT2D eigenvalue weighted by Gasteiger charge is -2.22. The van der Waals surface area contributed by atoms with Gasteiger partial charge >= 0.3 is 0 Å². The number of amides is 3. The second-order valence-electron chi connectivity index (χ2n) is 6.97. The standard InChI is InChI=1S/C21H19ClN2O3/c22-17-8-4-5-9-18(17)24-20(26)15-11-10-13(12-16(15)21(24)27)19(25)23-14-6-2-1-3-7-14/h4-5,8-12,14H,1-3,6-7H2,(H,23,25). The number of nitrogens with zero attached hydrogens (tertiary/aromatic N) is 1. The van der Waals surface area contributed by atoms with Crippen LogP contribution < -0.4 is 10.2 Å². The van der Waals surface area contributed by atoms with Crippen LogP contribution in [0.2, 0.25) is 5.02 Å². The average molecular weight is 383 g/mol. The number of carbonyl (C=O) groups excluding carboxylic acids is 3. The van der Waals surface area contributed by atoms with Crippen LogP contribution in [-0.4, -0.2) is 23.8 Å². The first-order chi connectivity index (χ1) is 13.1. The molecule has 0 atom stereocenters. The summed E-state index contributed by atoms with van der Waals surface area (Å²) in [5.74, 6) is -1.10. The molecule has 1 N–H and O–H groups in total. The maximum absolute atomic E-state index is 12.8. The molecule has 1 aliphatic carbocycles. The number of fused-ring (bicyclic) bond motifs is 1. The number of nitrogens with one attached hydrogen (secondary N) is 1. The van der Waals surface area contributed by atoms with Crippen LogP contribution >= 0.6 is 11.6 Å². The van der Waals surface area contributed by atoms with Gasteiger partial charge in [-0.25, -0.2) is 4.90 Å². The Labute approximate surface area is 162 Å². The molecule has 1 fully saturated rings. The van der Waals surface area contributed by atoms with Crippen molar-refractivity contribution in [2.75, 3.05) is 4.90 Å². The molecule has 1 aliphatic heterocycles. The lowest BCUT2D eigenvalue weighted by atomic mass is 9.95. The number of para-hydroxylation sites is 1. The Hall–Kier alpha value is -2.66. The first-order valence-corrected chi connectivity index (χ1v) is 9.52. The highest BCUT2D eigenvalue weighted by Gasteiger charge is 2.38. The number of carbonyl (C=O) groups is 3.